The van der Waals surface area contributed by atoms with Crippen molar-refractivity contribution in [3.05, 3.63) is 36.2 Å². The minimum absolute atomic E-state index is 0.151. The normalized spacial score (nSPS) is 10.2. The van der Waals surface area contributed by atoms with Crippen LogP contribution in [-0.4, -0.2) is 23.2 Å². The van der Waals surface area contributed by atoms with Crippen LogP contribution in [0.3, 0.4) is 0 Å². The first-order valence-corrected chi connectivity index (χ1v) is 4.38. The fourth-order valence-electron chi connectivity index (χ4n) is 1.52. The molecule has 0 amide bonds. The summed E-state index contributed by atoms with van der Waals surface area (Å²) in [5.74, 6) is -0.647. The maximum Gasteiger partial charge on any atom is 0.339 e. The molecule has 0 saturated heterocycles. The van der Waals surface area contributed by atoms with E-state index in [-0.39, 0.29) is 5.56 Å². The largest absolute Gasteiger partial charge is 0.495 e. The molecule has 76 valence electrons. The van der Waals surface area contributed by atoms with Crippen LogP contribution in [0.4, 0.5) is 0 Å². The highest BCUT2D eigenvalue weighted by atomic mass is 16.5. The number of hydrogen-bond donors (Lipinski definition) is 1. The molecule has 0 aliphatic rings. The van der Waals surface area contributed by atoms with Gasteiger partial charge >= 0.3 is 5.97 Å². The molecule has 0 spiro atoms. The van der Waals surface area contributed by atoms with Crippen LogP contribution in [0.1, 0.15) is 10.4 Å². The van der Waals surface area contributed by atoms with E-state index in [1.165, 1.54) is 13.2 Å². The molecule has 2 aromatic rings. The van der Waals surface area contributed by atoms with Crippen molar-refractivity contribution in [1.29, 1.82) is 0 Å². The van der Waals surface area contributed by atoms with E-state index in [1.54, 1.807) is 18.5 Å². The van der Waals surface area contributed by atoms with Crippen molar-refractivity contribution in [3.8, 4) is 5.75 Å². The van der Waals surface area contributed by atoms with Gasteiger partial charge < -0.3 is 9.84 Å². The number of aromatic carboxylic acids is 1. The average molecular weight is 203 g/mol. The van der Waals surface area contributed by atoms with Gasteiger partial charge in [-0.15, -0.1) is 0 Å². The molecule has 0 aliphatic carbocycles. The van der Waals surface area contributed by atoms with Crippen LogP contribution >= 0.6 is 0 Å². The molecular weight excluding hydrogens is 194 g/mol. The third-order valence-electron chi connectivity index (χ3n) is 2.21. The Morgan fingerprint density at radius 2 is 2.20 bits per heavy atom. The Bertz CT molecular complexity index is 522. The molecular formula is C11H9NO3. The van der Waals surface area contributed by atoms with Gasteiger partial charge in [0.25, 0.3) is 0 Å². The molecule has 0 radical (unpaired) electrons. The van der Waals surface area contributed by atoms with E-state index in [0.717, 1.165) is 5.39 Å². The fourth-order valence-corrected chi connectivity index (χ4v) is 1.52. The van der Waals surface area contributed by atoms with Crippen molar-refractivity contribution in [1.82, 2.24) is 4.98 Å². The summed E-state index contributed by atoms with van der Waals surface area (Å²) in [6, 6.07) is 5.08. The van der Waals surface area contributed by atoms with Crippen LogP contribution in [0.5, 0.6) is 5.75 Å². The van der Waals surface area contributed by atoms with E-state index in [0.29, 0.717) is 11.1 Å². The summed E-state index contributed by atoms with van der Waals surface area (Å²) in [6.07, 6.45) is 3.25. The third kappa shape index (κ3) is 1.50. The van der Waals surface area contributed by atoms with Crippen molar-refractivity contribution >= 4 is 16.7 Å². The minimum Gasteiger partial charge on any atom is -0.495 e. The second kappa shape index (κ2) is 3.57. The van der Waals surface area contributed by atoms with Crippen LogP contribution in [-0.2, 0) is 0 Å². The van der Waals surface area contributed by atoms with Crippen molar-refractivity contribution in [2.45, 2.75) is 0 Å². The smallest absolute Gasteiger partial charge is 0.339 e. The van der Waals surface area contributed by atoms with Gasteiger partial charge in [0.1, 0.15) is 11.3 Å². The standard InChI is InChI=1S/C11H9NO3/c1-15-10-8(11(13)14)3-2-7-4-5-12-6-9(7)10/h2-6H,1H3,(H,13,14). The van der Waals surface area contributed by atoms with Gasteiger partial charge in [-0.05, 0) is 17.5 Å². The average Bonchev–Trinajstić information content (AvgIpc) is 2.27. The number of ether oxygens (including phenoxy) is 1. The molecule has 0 fully saturated rings. The van der Waals surface area contributed by atoms with Crippen molar-refractivity contribution < 1.29 is 14.6 Å². The Labute approximate surface area is 86.1 Å². The van der Waals surface area contributed by atoms with Crippen LogP contribution < -0.4 is 4.74 Å². The Morgan fingerprint density at radius 1 is 1.40 bits per heavy atom. The predicted octanol–water partition coefficient (Wildman–Crippen LogP) is 1.94. The number of hydrogen-bond acceptors (Lipinski definition) is 3. The highest BCUT2D eigenvalue weighted by Gasteiger charge is 2.13. The summed E-state index contributed by atoms with van der Waals surface area (Å²) >= 11 is 0. The number of carbonyl (C=O) groups is 1. The summed E-state index contributed by atoms with van der Waals surface area (Å²) in [4.78, 5) is 14.9. The zero-order valence-electron chi connectivity index (χ0n) is 8.10. The zero-order valence-corrected chi connectivity index (χ0v) is 8.10. The van der Waals surface area contributed by atoms with Crippen LogP contribution in [0.2, 0.25) is 0 Å². The number of carboxylic acids is 1. The number of carboxylic acid groups (broad SMARTS) is 1. The maximum absolute atomic E-state index is 10.9. The molecule has 1 aromatic heterocycles. The summed E-state index contributed by atoms with van der Waals surface area (Å²) in [5, 5.41) is 10.6. The lowest BCUT2D eigenvalue weighted by Gasteiger charge is -2.07. The first-order valence-electron chi connectivity index (χ1n) is 4.38. The zero-order chi connectivity index (χ0) is 10.8. The Hall–Kier alpha value is -2.10. The lowest BCUT2D eigenvalue weighted by Crippen LogP contribution is -2.00. The van der Waals surface area contributed by atoms with Crippen LogP contribution in [0.15, 0.2) is 30.6 Å². The lowest BCUT2D eigenvalue weighted by molar-refractivity contribution is 0.0693. The molecule has 2 rings (SSSR count). The SMILES string of the molecule is COc1c(C(=O)O)ccc2ccncc12. The van der Waals surface area contributed by atoms with E-state index in [9.17, 15) is 4.79 Å². The van der Waals surface area contributed by atoms with Gasteiger partial charge in [-0.25, -0.2) is 4.79 Å². The van der Waals surface area contributed by atoms with E-state index in [1.807, 2.05) is 6.07 Å². The van der Waals surface area contributed by atoms with Crippen molar-refractivity contribution in [2.24, 2.45) is 0 Å². The fraction of sp³-hybridized carbons (Fsp3) is 0.0909. The highest BCUT2D eigenvalue weighted by molar-refractivity contribution is 6.00. The number of benzene rings is 1. The third-order valence-corrected chi connectivity index (χ3v) is 2.21. The molecule has 0 atom stereocenters. The molecule has 0 bridgehead atoms. The molecule has 1 N–H and O–H groups in total. The van der Waals surface area contributed by atoms with Crippen molar-refractivity contribution in [3.63, 3.8) is 0 Å². The molecule has 4 heteroatoms. The van der Waals surface area contributed by atoms with Crippen LogP contribution in [0, 0.1) is 0 Å². The summed E-state index contributed by atoms with van der Waals surface area (Å²) in [6.45, 7) is 0. The Balaban J connectivity index is 2.81. The molecule has 1 heterocycles. The van der Waals surface area contributed by atoms with E-state index in [4.69, 9.17) is 9.84 Å². The van der Waals surface area contributed by atoms with Gasteiger partial charge in [0.05, 0.1) is 7.11 Å². The number of nitrogens with zero attached hydrogens (tertiary/aromatic N) is 1. The van der Waals surface area contributed by atoms with E-state index in [2.05, 4.69) is 4.98 Å². The number of rotatable bonds is 2. The number of fused-ring (bicyclic) bond motifs is 1. The summed E-state index contributed by atoms with van der Waals surface area (Å²) < 4.78 is 5.10. The maximum atomic E-state index is 10.9. The van der Waals surface area contributed by atoms with E-state index < -0.39 is 5.97 Å². The first-order chi connectivity index (χ1) is 7.24. The monoisotopic (exact) mass is 203 g/mol. The van der Waals surface area contributed by atoms with Gasteiger partial charge in [-0.3, -0.25) is 4.98 Å². The Morgan fingerprint density at radius 3 is 2.87 bits per heavy atom. The quantitative estimate of drug-likeness (QED) is 0.810. The lowest BCUT2D eigenvalue weighted by atomic mass is 10.1. The van der Waals surface area contributed by atoms with Gasteiger partial charge in [-0.2, -0.15) is 0 Å². The second-order valence-electron chi connectivity index (χ2n) is 3.05. The number of aromatic nitrogens is 1. The molecule has 0 unspecified atom stereocenters. The van der Waals surface area contributed by atoms with Crippen molar-refractivity contribution in [2.75, 3.05) is 7.11 Å². The van der Waals surface area contributed by atoms with Gasteiger partial charge in [0.2, 0.25) is 0 Å². The molecule has 15 heavy (non-hydrogen) atoms. The summed E-state index contributed by atoms with van der Waals surface area (Å²) in [7, 11) is 1.45. The Kier molecular flexibility index (Phi) is 2.25. The summed E-state index contributed by atoms with van der Waals surface area (Å²) in [5.41, 5.74) is 0.151. The molecule has 0 aliphatic heterocycles. The van der Waals surface area contributed by atoms with E-state index >= 15 is 0 Å². The molecule has 0 saturated carbocycles. The predicted molar refractivity (Wildman–Crippen MR) is 55.3 cm³/mol. The van der Waals surface area contributed by atoms with Gasteiger partial charge in [0.15, 0.2) is 0 Å². The topological polar surface area (TPSA) is 59.4 Å². The number of methoxy groups -OCH3 is 1. The highest BCUT2D eigenvalue weighted by Crippen LogP contribution is 2.28. The molecule has 1 aromatic carbocycles. The van der Waals surface area contributed by atoms with Crippen LogP contribution in [0.25, 0.3) is 10.8 Å². The van der Waals surface area contributed by atoms with Gasteiger partial charge in [0, 0.05) is 17.8 Å². The molecule has 4 nitrogen and oxygen atoms in total. The number of pyridine rings is 1. The minimum atomic E-state index is -1.00. The first kappa shape index (κ1) is 9.45. The van der Waals surface area contributed by atoms with Gasteiger partial charge in [-0.1, -0.05) is 6.07 Å². The second-order valence-corrected chi connectivity index (χ2v) is 3.05.